The Morgan fingerprint density at radius 1 is 0.769 bits per heavy atom. The summed E-state index contributed by atoms with van der Waals surface area (Å²) in [5.74, 6) is 2.76. The van der Waals surface area contributed by atoms with E-state index in [4.69, 9.17) is 14.8 Å². The molecule has 0 unspecified atom stereocenters. The molecule has 0 amide bonds. The fourth-order valence-corrected chi connectivity index (χ4v) is 7.19. The number of nitrogens with zero attached hydrogens (tertiary/aromatic N) is 4. The molecule has 0 saturated heterocycles. The van der Waals surface area contributed by atoms with Crippen LogP contribution in [0.4, 0.5) is 0 Å². The van der Waals surface area contributed by atoms with E-state index in [1.165, 1.54) is 42.2 Å². The number of pyridine rings is 1. The van der Waals surface area contributed by atoms with E-state index in [0.29, 0.717) is 17.4 Å². The van der Waals surface area contributed by atoms with Crippen LogP contribution < -0.4 is 4.74 Å². The average Bonchev–Trinajstić information content (AvgIpc) is 3.61. The largest absolute Gasteiger partial charge is 2.00 e. The van der Waals surface area contributed by atoms with Crippen molar-refractivity contribution in [1.82, 2.24) is 19.3 Å². The van der Waals surface area contributed by atoms with Crippen molar-refractivity contribution in [3.63, 3.8) is 0 Å². The van der Waals surface area contributed by atoms with Crippen LogP contribution in [0.1, 0.15) is 81.0 Å². The minimum absolute atomic E-state index is 0. The topological polar surface area (TPSA) is 44.9 Å². The fourth-order valence-electron chi connectivity index (χ4n) is 7.19. The molecule has 6 heteroatoms. The maximum atomic E-state index is 6.68. The van der Waals surface area contributed by atoms with Crippen molar-refractivity contribution in [3.8, 4) is 34.1 Å². The number of rotatable bonds is 13. The summed E-state index contributed by atoms with van der Waals surface area (Å²) >= 11 is 0. The monoisotopic (exact) mass is 867 g/mol. The number of fused-ring (bicyclic) bond motifs is 3. The van der Waals surface area contributed by atoms with Gasteiger partial charge in [-0.25, -0.2) is 4.98 Å². The number of hydrogen-bond donors (Lipinski definition) is 0. The number of aromatic nitrogens is 4. The van der Waals surface area contributed by atoms with Crippen molar-refractivity contribution in [2.24, 2.45) is 5.92 Å². The zero-order chi connectivity index (χ0) is 35.5. The van der Waals surface area contributed by atoms with Crippen LogP contribution in [-0.2, 0) is 33.9 Å². The summed E-state index contributed by atoms with van der Waals surface area (Å²) < 4.78 is 10.9. The summed E-state index contributed by atoms with van der Waals surface area (Å²) in [7, 11) is 0. The molecule has 0 aliphatic carbocycles. The Morgan fingerprint density at radius 2 is 1.60 bits per heavy atom. The molecule has 3 heterocycles. The summed E-state index contributed by atoms with van der Waals surface area (Å²) in [6.07, 6.45) is 10.00. The summed E-state index contributed by atoms with van der Waals surface area (Å²) in [5, 5.41) is 7.36. The van der Waals surface area contributed by atoms with Crippen molar-refractivity contribution in [2.75, 3.05) is 0 Å². The average molecular weight is 868 g/mol. The third-order valence-electron chi connectivity index (χ3n) is 9.86. The molecule has 7 rings (SSSR count). The standard InChI is InChI=1S/C46H48N4O.Pt/c1-7-8-9-11-14-35-19-22-43-42(28-35)41-21-20-39(30-44(41)49(43)45-25-32(4)23-24-47-45)51-40-27-36(18-17-31(2)3)26-38(29-40)50-34(6)46(33(5)48-50)37-15-12-10-13-16-37;/h10,12-13,15-16,19-28,31H,7-9,11,14,17-18H2,1-6H3;/q-2;+2. The van der Waals surface area contributed by atoms with Gasteiger partial charge in [-0.1, -0.05) is 94.4 Å². The van der Waals surface area contributed by atoms with Crippen LogP contribution in [0.15, 0.2) is 91.1 Å². The second-order valence-corrected chi connectivity index (χ2v) is 14.4. The van der Waals surface area contributed by atoms with Gasteiger partial charge in [0.25, 0.3) is 0 Å². The van der Waals surface area contributed by atoms with Gasteiger partial charge in [-0.3, -0.25) is 4.68 Å². The molecular formula is C46H48N4OPt. The maximum absolute atomic E-state index is 6.68. The molecule has 0 atom stereocenters. The summed E-state index contributed by atoms with van der Waals surface area (Å²) in [6.45, 7) is 13.1. The van der Waals surface area contributed by atoms with E-state index < -0.39 is 0 Å². The van der Waals surface area contributed by atoms with Gasteiger partial charge in [0.2, 0.25) is 0 Å². The van der Waals surface area contributed by atoms with Crippen LogP contribution in [0.2, 0.25) is 0 Å². The minimum Gasteiger partial charge on any atom is -0.509 e. The first kappa shape index (κ1) is 37.3. The summed E-state index contributed by atoms with van der Waals surface area (Å²) in [6, 6.07) is 37.3. The van der Waals surface area contributed by atoms with Gasteiger partial charge in [-0.2, -0.15) is 16.7 Å². The Morgan fingerprint density at radius 3 is 2.37 bits per heavy atom. The molecular weight excluding hydrogens is 820 g/mol. The molecule has 4 aromatic carbocycles. The molecule has 0 radical (unpaired) electrons. The van der Waals surface area contributed by atoms with Crippen molar-refractivity contribution < 1.29 is 25.8 Å². The van der Waals surface area contributed by atoms with Gasteiger partial charge in [-0.15, -0.1) is 35.7 Å². The molecule has 268 valence electrons. The molecule has 0 aliphatic rings. The second kappa shape index (κ2) is 16.5. The quantitative estimate of drug-likeness (QED) is 0.0857. The van der Waals surface area contributed by atoms with E-state index >= 15 is 0 Å². The van der Waals surface area contributed by atoms with Gasteiger partial charge >= 0.3 is 21.1 Å². The zero-order valence-corrected chi connectivity index (χ0v) is 33.5. The van der Waals surface area contributed by atoms with Crippen LogP contribution in [0.25, 0.3) is 44.4 Å². The van der Waals surface area contributed by atoms with Gasteiger partial charge in [-0.05, 0) is 91.9 Å². The molecule has 7 aromatic rings. The van der Waals surface area contributed by atoms with Gasteiger partial charge in [0, 0.05) is 34.5 Å². The molecule has 3 aromatic heterocycles. The first-order valence-electron chi connectivity index (χ1n) is 18.6. The first-order valence-corrected chi connectivity index (χ1v) is 18.6. The number of hydrogen-bond acceptors (Lipinski definition) is 3. The van der Waals surface area contributed by atoms with Gasteiger partial charge in [0.05, 0.1) is 5.69 Å². The van der Waals surface area contributed by atoms with Crippen molar-refractivity contribution in [1.29, 1.82) is 0 Å². The SMILES string of the molecule is CCCCCCc1ccc2c(c1)c1ccc(Oc3[c-]c(-n4nc(C)c(-c5ccccc5)c4C)cc(CCC(C)C)c3)[c-]c1n2-c1cc(C)ccn1.[Pt+2]. The molecule has 0 fully saturated rings. The van der Waals surface area contributed by atoms with Crippen molar-refractivity contribution in [3.05, 3.63) is 131 Å². The number of benzene rings is 4. The Balaban J connectivity index is 0.00000464. The predicted molar refractivity (Wildman–Crippen MR) is 211 cm³/mol. The number of unbranched alkanes of at least 4 members (excludes halogenated alkanes) is 3. The molecule has 5 nitrogen and oxygen atoms in total. The Bertz CT molecular complexity index is 2300. The molecule has 0 N–H and O–H groups in total. The van der Waals surface area contributed by atoms with Crippen LogP contribution >= 0.6 is 0 Å². The van der Waals surface area contributed by atoms with E-state index in [1.54, 1.807) is 0 Å². The minimum atomic E-state index is 0. The van der Waals surface area contributed by atoms with Gasteiger partial charge in [0.15, 0.2) is 0 Å². The van der Waals surface area contributed by atoms with Gasteiger partial charge in [0.1, 0.15) is 5.82 Å². The second-order valence-electron chi connectivity index (χ2n) is 14.4. The zero-order valence-electron chi connectivity index (χ0n) is 31.2. The third kappa shape index (κ3) is 7.95. The summed E-state index contributed by atoms with van der Waals surface area (Å²) in [4.78, 5) is 4.81. The molecule has 0 bridgehead atoms. The third-order valence-corrected chi connectivity index (χ3v) is 9.86. The molecule has 0 spiro atoms. The van der Waals surface area contributed by atoms with E-state index in [1.807, 2.05) is 29.1 Å². The first-order chi connectivity index (χ1) is 24.8. The maximum Gasteiger partial charge on any atom is 2.00 e. The van der Waals surface area contributed by atoms with Gasteiger partial charge < -0.3 is 9.30 Å². The van der Waals surface area contributed by atoms with Crippen LogP contribution in [0, 0.1) is 38.8 Å². The molecule has 0 aliphatic heterocycles. The van der Waals surface area contributed by atoms with Crippen LogP contribution in [0.3, 0.4) is 0 Å². The van der Waals surface area contributed by atoms with Crippen LogP contribution in [0.5, 0.6) is 11.5 Å². The van der Waals surface area contributed by atoms with Crippen molar-refractivity contribution >= 4 is 21.8 Å². The Hall–Kier alpha value is -4.47. The molecule has 52 heavy (non-hydrogen) atoms. The Kier molecular flexibility index (Phi) is 11.8. The van der Waals surface area contributed by atoms with E-state index in [2.05, 4.69) is 125 Å². The summed E-state index contributed by atoms with van der Waals surface area (Å²) in [5.41, 5.74) is 11.1. The number of ether oxygens (including phenoxy) is 1. The van der Waals surface area contributed by atoms with E-state index in [0.717, 1.165) is 75.3 Å². The smallest absolute Gasteiger partial charge is 0.509 e. The fraction of sp³-hybridized carbons (Fsp3) is 0.304. The Labute approximate surface area is 323 Å². The van der Waals surface area contributed by atoms with Crippen molar-refractivity contribution in [2.45, 2.75) is 86.5 Å². The number of aryl methyl sites for hydroxylation is 4. The van der Waals surface area contributed by atoms with Crippen LogP contribution in [-0.4, -0.2) is 19.3 Å². The predicted octanol–water partition coefficient (Wildman–Crippen LogP) is 12.1. The van der Waals surface area contributed by atoms with E-state index in [-0.39, 0.29) is 21.1 Å². The normalized spacial score (nSPS) is 11.4. The van der Waals surface area contributed by atoms with E-state index in [9.17, 15) is 0 Å². The molecule has 0 saturated carbocycles.